The van der Waals surface area contributed by atoms with Crippen molar-refractivity contribution in [3.05, 3.63) is 71.0 Å². The van der Waals surface area contributed by atoms with E-state index in [-0.39, 0.29) is 16.3 Å². The van der Waals surface area contributed by atoms with E-state index >= 15 is 0 Å². The highest BCUT2D eigenvalue weighted by Gasteiger charge is 2.39. The molecule has 0 spiro atoms. The topological polar surface area (TPSA) is 37.4 Å². The number of imide groups is 1. The second-order valence-electron chi connectivity index (χ2n) is 4.48. The van der Waals surface area contributed by atoms with Crippen LogP contribution in [0, 0.1) is 5.82 Å². The number of benzene rings is 2. The number of hydrogen-bond acceptors (Lipinski definition) is 2. The SMILES string of the molecule is O=C1C(Cl)=C(c2ccccc2)C(=O)N1c1cccc(F)c1. The Kier molecular flexibility index (Phi) is 3.31. The fourth-order valence-electron chi connectivity index (χ4n) is 2.21. The summed E-state index contributed by atoms with van der Waals surface area (Å²) in [5, 5.41) is -0.157. The average Bonchev–Trinajstić information content (AvgIpc) is 2.70. The van der Waals surface area contributed by atoms with Gasteiger partial charge in [-0.1, -0.05) is 48.0 Å². The number of carbonyl (C=O) groups excluding carboxylic acids is 2. The minimum absolute atomic E-state index is 0.131. The molecule has 0 N–H and O–H groups in total. The molecule has 21 heavy (non-hydrogen) atoms. The number of halogens is 2. The zero-order valence-corrected chi connectivity index (χ0v) is 11.5. The molecule has 1 aliphatic heterocycles. The van der Waals surface area contributed by atoms with Crippen LogP contribution in [0.5, 0.6) is 0 Å². The highest BCUT2D eigenvalue weighted by Crippen LogP contribution is 2.34. The molecule has 1 aliphatic rings. The molecule has 0 saturated carbocycles. The molecule has 2 aromatic carbocycles. The number of rotatable bonds is 2. The molecule has 5 heteroatoms. The van der Waals surface area contributed by atoms with Crippen LogP contribution in [-0.4, -0.2) is 11.8 Å². The second kappa shape index (κ2) is 5.14. The highest BCUT2D eigenvalue weighted by molar-refractivity contribution is 6.60. The van der Waals surface area contributed by atoms with Crippen LogP contribution in [0.15, 0.2) is 59.6 Å². The molecule has 0 aliphatic carbocycles. The molecule has 104 valence electrons. The number of amides is 2. The van der Waals surface area contributed by atoms with Crippen molar-refractivity contribution < 1.29 is 14.0 Å². The highest BCUT2D eigenvalue weighted by atomic mass is 35.5. The summed E-state index contributed by atoms with van der Waals surface area (Å²) in [5.74, 6) is -1.73. The lowest BCUT2D eigenvalue weighted by molar-refractivity contribution is -0.119. The normalized spacial score (nSPS) is 15.0. The van der Waals surface area contributed by atoms with Crippen molar-refractivity contribution in [2.45, 2.75) is 0 Å². The van der Waals surface area contributed by atoms with Gasteiger partial charge >= 0.3 is 0 Å². The predicted molar refractivity (Wildman–Crippen MR) is 78.1 cm³/mol. The van der Waals surface area contributed by atoms with E-state index in [2.05, 4.69) is 0 Å². The van der Waals surface area contributed by atoms with Gasteiger partial charge in [0.05, 0.1) is 11.3 Å². The van der Waals surface area contributed by atoms with Crippen molar-refractivity contribution in [2.24, 2.45) is 0 Å². The lowest BCUT2D eigenvalue weighted by Crippen LogP contribution is -2.31. The van der Waals surface area contributed by atoms with E-state index in [0.29, 0.717) is 5.56 Å². The van der Waals surface area contributed by atoms with Crippen LogP contribution in [0.4, 0.5) is 10.1 Å². The van der Waals surface area contributed by atoms with Gasteiger partial charge in [-0.3, -0.25) is 9.59 Å². The first-order chi connectivity index (χ1) is 10.1. The number of carbonyl (C=O) groups is 2. The van der Waals surface area contributed by atoms with Gasteiger partial charge in [0.25, 0.3) is 11.8 Å². The molecule has 3 nitrogen and oxygen atoms in total. The molecule has 0 radical (unpaired) electrons. The summed E-state index contributed by atoms with van der Waals surface area (Å²) in [6, 6.07) is 13.9. The van der Waals surface area contributed by atoms with Crippen LogP contribution in [0.2, 0.25) is 0 Å². The third-order valence-electron chi connectivity index (χ3n) is 3.16. The number of nitrogens with zero attached hydrogens (tertiary/aromatic N) is 1. The minimum atomic E-state index is -0.647. The lowest BCUT2D eigenvalue weighted by atomic mass is 10.1. The lowest BCUT2D eigenvalue weighted by Gasteiger charge is -2.14. The molecule has 2 amide bonds. The summed E-state index contributed by atoms with van der Waals surface area (Å²) in [6.07, 6.45) is 0. The maximum absolute atomic E-state index is 13.3. The smallest absolute Gasteiger partial charge is 0.268 e. The van der Waals surface area contributed by atoms with Gasteiger partial charge in [-0.2, -0.15) is 0 Å². The van der Waals surface area contributed by atoms with Gasteiger partial charge in [-0.05, 0) is 23.8 Å². The van der Waals surface area contributed by atoms with E-state index in [9.17, 15) is 14.0 Å². The van der Waals surface area contributed by atoms with Crippen molar-refractivity contribution in [2.75, 3.05) is 4.90 Å². The molecule has 1 heterocycles. The van der Waals surface area contributed by atoms with Crippen molar-refractivity contribution in [3.63, 3.8) is 0 Å². The maximum Gasteiger partial charge on any atom is 0.277 e. The monoisotopic (exact) mass is 301 g/mol. The predicted octanol–water partition coefficient (Wildman–Crippen LogP) is 3.35. The van der Waals surface area contributed by atoms with Gasteiger partial charge in [0.2, 0.25) is 0 Å². The molecule has 0 aromatic heterocycles. The summed E-state index contributed by atoms with van der Waals surface area (Å²) in [7, 11) is 0. The third-order valence-corrected chi connectivity index (χ3v) is 3.51. The molecular formula is C16H9ClFNO2. The third kappa shape index (κ3) is 2.23. The van der Waals surface area contributed by atoms with E-state index in [0.717, 1.165) is 11.0 Å². The largest absolute Gasteiger partial charge is 0.277 e. The van der Waals surface area contributed by atoms with Crippen LogP contribution in [0.3, 0.4) is 0 Å². The van der Waals surface area contributed by atoms with Crippen LogP contribution in [-0.2, 0) is 9.59 Å². The molecule has 0 fully saturated rings. The van der Waals surface area contributed by atoms with Gasteiger partial charge in [0.15, 0.2) is 0 Å². The van der Waals surface area contributed by atoms with E-state index in [1.165, 1.54) is 18.2 Å². The Bertz CT molecular complexity index is 771. The van der Waals surface area contributed by atoms with Gasteiger partial charge in [0.1, 0.15) is 10.8 Å². The summed E-state index contributed by atoms with van der Waals surface area (Å²) >= 11 is 6.02. The second-order valence-corrected chi connectivity index (χ2v) is 4.86. The van der Waals surface area contributed by atoms with E-state index in [1.807, 2.05) is 0 Å². The van der Waals surface area contributed by atoms with Crippen molar-refractivity contribution in [1.29, 1.82) is 0 Å². The molecule has 0 unspecified atom stereocenters. The zero-order chi connectivity index (χ0) is 15.0. The summed E-state index contributed by atoms with van der Waals surface area (Å²) < 4.78 is 13.3. The fourth-order valence-corrected chi connectivity index (χ4v) is 2.48. The minimum Gasteiger partial charge on any atom is -0.268 e. The van der Waals surface area contributed by atoms with E-state index < -0.39 is 17.6 Å². The Morgan fingerprint density at radius 1 is 0.905 bits per heavy atom. The summed E-state index contributed by atoms with van der Waals surface area (Å²) in [5.41, 5.74) is 0.848. The Morgan fingerprint density at radius 2 is 1.62 bits per heavy atom. The standard InChI is InChI=1S/C16H9ClFNO2/c17-14-13(10-5-2-1-3-6-10)15(20)19(16(14)21)12-8-4-7-11(18)9-12/h1-9H. The van der Waals surface area contributed by atoms with Gasteiger partial charge in [0, 0.05) is 0 Å². The Hall–Kier alpha value is -2.46. The van der Waals surface area contributed by atoms with Crippen molar-refractivity contribution >= 4 is 34.7 Å². The Balaban J connectivity index is 2.07. The Morgan fingerprint density at radius 3 is 2.29 bits per heavy atom. The van der Waals surface area contributed by atoms with Crippen LogP contribution < -0.4 is 4.90 Å². The van der Waals surface area contributed by atoms with Crippen molar-refractivity contribution in [3.8, 4) is 0 Å². The maximum atomic E-state index is 13.3. The first kappa shape index (κ1) is 13.5. The van der Waals surface area contributed by atoms with Gasteiger partial charge in [-0.15, -0.1) is 0 Å². The zero-order valence-electron chi connectivity index (χ0n) is 10.7. The molecule has 2 aromatic rings. The molecule has 0 atom stereocenters. The number of anilines is 1. The van der Waals surface area contributed by atoms with Gasteiger partial charge in [-0.25, -0.2) is 9.29 Å². The Labute approximate surface area is 125 Å². The molecule has 0 bridgehead atoms. The van der Waals surface area contributed by atoms with Crippen LogP contribution in [0.25, 0.3) is 5.57 Å². The molecular weight excluding hydrogens is 293 g/mol. The van der Waals surface area contributed by atoms with E-state index in [1.54, 1.807) is 30.3 Å². The quantitative estimate of drug-likeness (QED) is 0.798. The first-order valence-corrected chi connectivity index (χ1v) is 6.57. The summed E-state index contributed by atoms with van der Waals surface area (Å²) in [6.45, 7) is 0. The molecule has 3 rings (SSSR count). The van der Waals surface area contributed by atoms with Gasteiger partial charge < -0.3 is 0 Å². The van der Waals surface area contributed by atoms with Crippen LogP contribution >= 0.6 is 11.6 Å². The fraction of sp³-hybridized carbons (Fsp3) is 0. The van der Waals surface area contributed by atoms with E-state index in [4.69, 9.17) is 11.6 Å². The first-order valence-electron chi connectivity index (χ1n) is 6.19. The summed E-state index contributed by atoms with van der Waals surface area (Å²) in [4.78, 5) is 25.6. The van der Waals surface area contributed by atoms with Crippen molar-refractivity contribution in [1.82, 2.24) is 0 Å². The average molecular weight is 302 g/mol. The van der Waals surface area contributed by atoms with Crippen LogP contribution in [0.1, 0.15) is 5.56 Å². The number of hydrogen-bond donors (Lipinski definition) is 0. The molecule has 0 saturated heterocycles.